The number of aromatic nitrogens is 5. The summed E-state index contributed by atoms with van der Waals surface area (Å²) in [7, 11) is 0. The zero-order chi connectivity index (χ0) is 19.7. The number of rotatable bonds is 3. The van der Waals surface area contributed by atoms with Gasteiger partial charge in [0.15, 0.2) is 0 Å². The molecule has 146 valence electrons. The Hall–Kier alpha value is -3.07. The summed E-state index contributed by atoms with van der Waals surface area (Å²) in [5, 5.41) is 16.5. The summed E-state index contributed by atoms with van der Waals surface area (Å²) in [4.78, 5) is 15.2. The molecule has 0 unspecified atom stereocenters. The summed E-state index contributed by atoms with van der Waals surface area (Å²) in [6, 6.07) is 8.06. The van der Waals surface area contributed by atoms with Gasteiger partial charge in [-0.3, -0.25) is 4.79 Å². The van der Waals surface area contributed by atoms with Crippen LogP contribution in [0.4, 0.5) is 5.69 Å². The number of hydrogen-bond donors (Lipinski definition) is 0. The molecule has 3 aromatic rings. The molecular formula is C19H23N7O2. The fraction of sp³-hybridized carbons (Fsp3) is 0.421. The summed E-state index contributed by atoms with van der Waals surface area (Å²) in [6.45, 7) is 9.08. The molecule has 0 bridgehead atoms. The van der Waals surface area contributed by atoms with Gasteiger partial charge in [-0.25, -0.2) is 0 Å². The van der Waals surface area contributed by atoms with Gasteiger partial charge in [-0.2, -0.15) is 19.4 Å². The summed E-state index contributed by atoms with van der Waals surface area (Å²) in [6.07, 6.45) is 3.11. The highest BCUT2D eigenvalue weighted by Crippen LogP contribution is 2.17. The van der Waals surface area contributed by atoms with Crippen molar-refractivity contribution < 1.29 is 4.74 Å². The second-order valence-corrected chi connectivity index (χ2v) is 7.73. The van der Waals surface area contributed by atoms with Gasteiger partial charge in [-0.15, -0.1) is 10.2 Å². The predicted octanol–water partition coefficient (Wildman–Crippen LogP) is 1.30. The fourth-order valence-electron chi connectivity index (χ4n) is 3.07. The molecule has 1 aliphatic heterocycles. The smallest absolute Gasteiger partial charge is 0.298 e. The van der Waals surface area contributed by atoms with Crippen LogP contribution >= 0.6 is 0 Å². The Morgan fingerprint density at radius 1 is 1.14 bits per heavy atom. The lowest BCUT2D eigenvalue weighted by Crippen LogP contribution is -2.36. The van der Waals surface area contributed by atoms with Gasteiger partial charge in [0, 0.05) is 24.2 Å². The second kappa shape index (κ2) is 7.16. The minimum absolute atomic E-state index is 0.277. The van der Waals surface area contributed by atoms with E-state index in [0.29, 0.717) is 5.69 Å². The molecule has 0 amide bonds. The maximum atomic E-state index is 12.9. The quantitative estimate of drug-likeness (QED) is 0.636. The molecule has 2 aromatic heterocycles. The van der Waals surface area contributed by atoms with E-state index in [1.54, 1.807) is 6.21 Å². The van der Waals surface area contributed by atoms with Crippen LogP contribution in [0.5, 0.6) is 0 Å². The van der Waals surface area contributed by atoms with Crippen molar-refractivity contribution in [3.63, 3.8) is 0 Å². The zero-order valence-corrected chi connectivity index (χ0v) is 16.2. The minimum Gasteiger partial charge on any atom is -0.378 e. The molecule has 1 aliphatic rings. The molecule has 0 spiro atoms. The van der Waals surface area contributed by atoms with Crippen LogP contribution in [-0.4, -0.2) is 57.0 Å². The molecule has 0 atom stereocenters. The van der Waals surface area contributed by atoms with Crippen molar-refractivity contribution in [2.24, 2.45) is 5.10 Å². The van der Waals surface area contributed by atoms with Crippen LogP contribution in [0.25, 0.3) is 5.78 Å². The number of nitrogens with zero attached hydrogens (tertiary/aromatic N) is 7. The molecule has 28 heavy (non-hydrogen) atoms. The van der Waals surface area contributed by atoms with Gasteiger partial charge >= 0.3 is 0 Å². The van der Waals surface area contributed by atoms with Crippen molar-refractivity contribution in [3.05, 3.63) is 52.2 Å². The van der Waals surface area contributed by atoms with Gasteiger partial charge in [-0.05, 0) is 17.7 Å². The normalized spacial score (nSPS) is 15.6. The lowest BCUT2D eigenvalue weighted by atomic mass is 9.93. The van der Waals surface area contributed by atoms with E-state index in [1.165, 1.54) is 15.5 Å². The van der Waals surface area contributed by atoms with Gasteiger partial charge in [-0.1, -0.05) is 32.9 Å². The molecule has 0 saturated carbocycles. The van der Waals surface area contributed by atoms with E-state index < -0.39 is 5.41 Å². The van der Waals surface area contributed by atoms with E-state index in [0.717, 1.165) is 37.6 Å². The first kappa shape index (κ1) is 18.3. The van der Waals surface area contributed by atoms with Gasteiger partial charge in [0.25, 0.3) is 11.3 Å². The molecule has 4 rings (SSSR count). The number of hydrogen-bond acceptors (Lipinski definition) is 7. The molecule has 9 nitrogen and oxygen atoms in total. The van der Waals surface area contributed by atoms with E-state index in [4.69, 9.17) is 4.74 Å². The van der Waals surface area contributed by atoms with Crippen LogP contribution in [-0.2, 0) is 10.2 Å². The van der Waals surface area contributed by atoms with Crippen molar-refractivity contribution >= 4 is 17.7 Å². The summed E-state index contributed by atoms with van der Waals surface area (Å²) >= 11 is 0. The summed E-state index contributed by atoms with van der Waals surface area (Å²) in [5.74, 6) is 0.277. The molecule has 9 heteroatoms. The third kappa shape index (κ3) is 3.53. The van der Waals surface area contributed by atoms with E-state index in [9.17, 15) is 4.79 Å². The summed E-state index contributed by atoms with van der Waals surface area (Å²) in [5.41, 5.74) is 1.72. The van der Waals surface area contributed by atoms with Gasteiger partial charge < -0.3 is 9.64 Å². The topological polar surface area (TPSA) is 89.9 Å². The number of fused-ring (bicyclic) bond motifs is 1. The third-order valence-corrected chi connectivity index (χ3v) is 4.61. The van der Waals surface area contributed by atoms with Gasteiger partial charge in [0.2, 0.25) is 0 Å². The standard InChI is InChI=1S/C19H23N7O2/c1-19(2,3)16-17(27)26(18-22-20-13-25(18)23-16)21-12-14-4-6-15(7-5-14)24-8-10-28-11-9-24/h4-7,12-13H,8-11H2,1-3H3. The van der Waals surface area contributed by atoms with E-state index in [2.05, 4.69) is 37.4 Å². The number of anilines is 1. The number of morpholine rings is 1. The molecular weight excluding hydrogens is 358 g/mol. The Morgan fingerprint density at radius 2 is 1.86 bits per heavy atom. The van der Waals surface area contributed by atoms with Crippen molar-refractivity contribution in [2.45, 2.75) is 26.2 Å². The molecule has 1 aromatic carbocycles. The van der Waals surface area contributed by atoms with Crippen LogP contribution in [0.3, 0.4) is 0 Å². The van der Waals surface area contributed by atoms with Crippen molar-refractivity contribution in [1.29, 1.82) is 0 Å². The molecule has 0 N–H and O–H groups in total. The first-order chi connectivity index (χ1) is 13.4. The van der Waals surface area contributed by atoms with Gasteiger partial charge in [0.1, 0.15) is 12.0 Å². The van der Waals surface area contributed by atoms with E-state index in [-0.39, 0.29) is 11.3 Å². The van der Waals surface area contributed by atoms with Crippen molar-refractivity contribution in [1.82, 2.24) is 24.5 Å². The van der Waals surface area contributed by atoms with Crippen LogP contribution in [0, 0.1) is 0 Å². The monoisotopic (exact) mass is 381 g/mol. The average molecular weight is 381 g/mol. The van der Waals surface area contributed by atoms with E-state index >= 15 is 0 Å². The fourth-order valence-corrected chi connectivity index (χ4v) is 3.07. The van der Waals surface area contributed by atoms with Crippen molar-refractivity contribution in [2.75, 3.05) is 31.2 Å². The lowest BCUT2D eigenvalue weighted by molar-refractivity contribution is 0.122. The van der Waals surface area contributed by atoms with Crippen LogP contribution in [0.1, 0.15) is 32.0 Å². The number of ether oxygens (including phenoxy) is 1. The van der Waals surface area contributed by atoms with Gasteiger partial charge in [0.05, 0.1) is 19.4 Å². The lowest BCUT2D eigenvalue weighted by Gasteiger charge is -2.28. The Labute approximate surface area is 162 Å². The Morgan fingerprint density at radius 3 is 2.54 bits per heavy atom. The Balaban J connectivity index is 1.66. The molecule has 1 fully saturated rings. The van der Waals surface area contributed by atoms with Crippen LogP contribution < -0.4 is 10.5 Å². The first-order valence-corrected chi connectivity index (χ1v) is 9.24. The van der Waals surface area contributed by atoms with E-state index in [1.807, 2.05) is 32.9 Å². The Kier molecular flexibility index (Phi) is 4.68. The predicted molar refractivity (Wildman–Crippen MR) is 106 cm³/mol. The second-order valence-electron chi connectivity index (χ2n) is 7.73. The highest BCUT2D eigenvalue weighted by atomic mass is 16.5. The molecule has 0 aliphatic carbocycles. The maximum absolute atomic E-state index is 12.9. The largest absolute Gasteiger partial charge is 0.378 e. The van der Waals surface area contributed by atoms with Crippen LogP contribution in [0.2, 0.25) is 0 Å². The summed E-state index contributed by atoms with van der Waals surface area (Å²) < 4.78 is 8.11. The Bertz CT molecular complexity index is 1050. The average Bonchev–Trinajstić information content (AvgIpc) is 3.15. The maximum Gasteiger partial charge on any atom is 0.298 e. The van der Waals surface area contributed by atoms with Crippen molar-refractivity contribution in [3.8, 4) is 0 Å². The zero-order valence-electron chi connectivity index (χ0n) is 16.2. The highest BCUT2D eigenvalue weighted by Gasteiger charge is 2.23. The minimum atomic E-state index is -0.424. The van der Waals surface area contributed by atoms with Crippen LogP contribution in [0.15, 0.2) is 40.5 Å². The SMILES string of the molecule is CC(C)(C)c1nn2cnnc2n(N=Cc2ccc(N3CCOCC3)cc2)c1=O. The first-order valence-electron chi connectivity index (χ1n) is 9.24. The molecule has 0 radical (unpaired) electrons. The molecule has 3 heterocycles. The third-order valence-electron chi connectivity index (χ3n) is 4.61. The molecule has 1 saturated heterocycles. The highest BCUT2D eigenvalue weighted by molar-refractivity contribution is 5.80. The number of benzene rings is 1.